The predicted molar refractivity (Wildman–Crippen MR) is 73.5 cm³/mol. The van der Waals surface area contributed by atoms with Crippen molar-refractivity contribution in [2.24, 2.45) is 5.92 Å². The van der Waals surface area contributed by atoms with Gasteiger partial charge < -0.3 is 10.4 Å². The molecule has 2 N–H and O–H groups in total. The number of aliphatic hydroxyl groups excluding tert-OH is 1. The first-order valence-corrected chi connectivity index (χ1v) is 6.94. The summed E-state index contributed by atoms with van der Waals surface area (Å²) < 4.78 is 0. The van der Waals surface area contributed by atoms with Crippen LogP contribution in [0, 0.1) is 19.8 Å². The third-order valence-corrected chi connectivity index (χ3v) is 3.63. The summed E-state index contributed by atoms with van der Waals surface area (Å²) in [6, 6.07) is 3.98. The number of aromatic nitrogens is 1. The molecular weight excluding hydrogens is 240 g/mol. The highest BCUT2D eigenvalue weighted by Crippen LogP contribution is 2.24. The molecule has 0 unspecified atom stereocenters. The Labute approximate surface area is 114 Å². The second-order valence-corrected chi connectivity index (χ2v) is 5.49. The van der Waals surface area contributed by atoms with E-state index in [0.29, 0.717) is 13.0 Å². The third kappa shape index (κ3) is 4.03. The van der Waals surface area contributed by atoms with Gasteiger partial charge in [-0.1, -0.05) is 6.42 Å². The molecule has 0 radical (unpaired) electrons. The number of nitrogens with one attached hydrogen (secondary N) is 1. The topological polar surface area (TPSA) is 62.2 Å². The summed E-state index contributed by atoms with van der Waals surface area (Å²) in [6.45, 7) is 4.45. The first-order valence-electron chi connectivity index (χ1n) is 6.94. The van der Waals surface area contributed by atoms with Crippen molar-refractivity contribution in [3.8, 4) is 0 Å². The van der Waals surface area contributed by atoms with Crippen molar-refractivity contribution < 1.29 is 9.90 Å². The minimum absolute atomic E-state index is 0.0345. The van der Waals surface area contributed by atoms with Gasteiger partial charge in [-0.15, -0.1) is 0 Å². The number of pyridine rings is 1. The molecule has 4 nitrogen and oxygen atoms in total. The van der Waals surface area contributed by atoms with Gasteiger partial charge in [0.05, 0.1) is 6.10 Å². The van der Waals surface area contributed by atoms with Crippen LogP contribution < -0.4 is 5.32 Å². The number of amides is 1. The fraction of sp³-hybridized carbons (Fsp3) is 0.600. The summed E-state index contributed by atoms with van der Waals surface area (Å²) in [5.74, 6) is 0.0265. The van der Waals surface area contributed by atoms with E-state index >= 15 is 0 Å². The maximum absolute atomic E-state index is 12.0. The van der Waals surface area contributed by atoms with Crippen molar-refractivity contribution in [3.63, 3.8) is 0 Å². The average molecular weight is 262 g/mol. The number of aryl methyl sites for hydroxylation is 2. The molecule has 2 atom stereocenters. The van der Waals surface area contributed by atoms with E-state index in [4.69, 9.17) is 0 Å². The van der Waals surface area contributed by atoms with E-state index in [1.54, 1.807) is 0 Å². The smallest absolute Gasteiger partial charge is 0.223 e. The van der Waals surface area contributed by atoms with Crippen molar-refractivity contribution in [2.45, 2.75) is 52.2 Å². The fourth-order valence-corrected chi connectivity index (χ4v) is 2.76. The van der Waals surface area contributed by atoms with Gasteiger partial charge in [0.2, 0.25) is 5.91 Å². The van der Waals surface area contributed by atoms with Gasteiger partial charge in [-0.3, -0.25) is 9.78 Å². The normalized spacial score (nSPS) is 23.1. The van der Waals surface area contributed by atoms with Gasteiger partial charge in [0, 0.05) is 23.9 Å². The van der Waals surface area contributed by atoms with E-state index in [1.165, 1.54) is 0 Å². The zero-order valence-electron chi connectivity index (χ0n) is 11.6. The zero-order valence-corrected chi connectivity index (χ0v) is 11.6. The summed E-state index contributed by atoms with van der Waals surface area (Å²) in [4.78, 5) is 16.4. The molecule has 2 rings (SSSR count). The lowest BCUT2D eigenvalue weighted by Gasteiger charge is -2.24. The molecule has 0 aliphatic heterocycles. The van der Waals surface area contributed by atoms with Crippen LogP contribution >= 0.6 is 0 Å². The van der Waals surface area contributed by atoms with Crippen LogP contribution in [0.1, 0.15) is 42.6 Å². The van der Waals surface area contributed by atoms with Gasteiger partial charge in [0.25, 0.3) is 0 Å². The molecule has 0 spiro atoms. The minimum Gasteiger partial charge on any atom is -0.393 e. The van der Waals surface area contributed by atoms with Gasteiger partial charge in [-0.2, -0.15) is 0 Å². The van der Waals surface area contributed by atoms with Gasteiger partial charge in [-0.05, 0) is 50.8 Å². The molecule has 0 bridgehead atoms. The van der Waals surface area contributed by atoms with E-state index in [2.05, 4.69) is 10.3 Å². The minimum atomic E-state index is -0.310. The summed E-state index contributed by atoms with van der Waals surface area (Å²) in [7, 11) is 0. The Hall–Kier alpha value is -1.42. The van der Waals surface area contributed by atoms with E-state index in [1.807, 2.05) is 26.0 Å². The maximum atomic E-state index is 12.0. The molecule has 1 aliphatic rings. The Kier molecular flexibility index (Phi) is 4.53. The molecule has 1 aromatic rings. The third-order valence-electron chi connectivity index (χ3n) is 3.63. The summed E-state index contributed by atoms with van der Waals surface area (Å²) in [5.41, 5.74) is 3.02. The Bertz CT molecular complexity index is 439. The van der Waals surface area contributed by atoms with Crippen molar-refractivity contribution in [2.75, 3.05) is 0 Å². The van der Waals surface area contributed by atoms with E-state index in [0.717, 1.165) is 36.2 Å². The van der Waals surface area contributed by atoms with Gasteiger partial charge in [0.15, 0.2) is 0 Å². The van der Waals surface area contributed by atoms with E-state index in [9.17, 15) is 9.90 Å². The Balaban J connectivity index is 1.89. The lowest BCUT2D eigenvalue weighted by molar-refractivity contribution is -0.127. The molecule has 104 valence electrons. The first-order chi connectivity index (χ1) is 9.04. The van der Waals surface area contributed by atoms with Crippen molar-refractivity contribution in [1.29, 1.82) is 0 Å². The molecule has 1 aromatic heterocycles. The van der Waals surface area contributed by atoms with E-state index < -0.39 is 0 Å². The fourth-order valence-electron chi connectivity index (χ4n) is 2.76. The molecular formula is C15H22N2O2. The Morgan fingerprint density at radius 3 is 2.68 bits per heavy atom. The van der Waals surface area contributed by atoms with Crippen LogP contribution in [0.3, 0.4) is 0 Å². The van der Waals surface area contributed by atoms with Crippen LogP contribution in [0.2, 0.25) is 0 Å². The van der Waals surface area contributed by atoms with Gasteiger partial charge in [0.1, 0.15) is 0 Å². The maximum Gasteiger partial charge on any atom is 0.223 e. The highest BCUT2D eigenvalue weighted by atomic mass is 16.3. The van der Waals surface area contributed by atoms with Crippen LogP contribution in [0.15, 0.2) is 12.1 Å². The molecule has 0 aromatic carbocycles. The van der Waals surface area contributed by atoms with Crippen LogP contribution in [-0.2, 0) is 11.3 Å². The number of nitrogens with zero attached hydrogens (tertiary/aromatic N) is 1. The van der Waals surface area contributed by atoms with Gasteiger partial charge >= 0.3 is 0 Å². The summed E-state index contributed by atoms with van der Waals surface area (Å²) in [5, 5.41) is 12.6. The number of aliphatic hydroxyl groups is 1. The number of rotatable bonds is 3. The van der Waals surface area contributed by atoms with Crippen LogP contribution in [0.5, 0.6) is 0 Å². The summed E-state index contributed by atoms with van der Waals surface area (Å²) >= 11 is 0. The Morgan fingerprint density at radius 2 is 2.05 bits per heavy atom. The highest BCUT2D eigenvalue weighted by Gasteiger charge is 2.25. The van der Waals surface area contributed by atoms with Crippen LogP contribution in [0.25, 0.3) is 0 Å². The standard InChI is InChI=1S/C15H22N2O2/c1-10-6-12(7-11(2)17-10)9-16-15(19)13-4-3-5-14(18)8-13/h6-7,13-14,18H,3-5,8-9H2,1-2H3,(H,16,19)/t13-,14-/m1/s1. The largest absolute Gasteiger partial charge is 0.393 e. The Morgan fingerprint density at radius 1 is 1.37 bits per heavy atom. The lowest BCUT2D eigenvalue weighted by Crippen LogP contribution is -2.34. The van der Waals surface area contributed by atoms with E-state index in [-0.39, 0.29) is 17.9 Å². The SMILES string of the molecule is Cc1cc(CNC(=O)[C@@H]2CCC[C@@H](O)C2)cc(C)n1. The number of hydrogen-bond acceptors (Lipinski definition) is 3. The second kappa shape index (κ2) is 6.15. The average Bonchev–Trinajstić information content (AvgIpc) is 2.35. The summed E-state index contributed by atoms with van der Waals surface area (Å²) in [6.07, 6.45) is 2.94. The number of hydrogen-bond donors (Lipinski definition) is 2. The first kappa shape index (κ1) is 14.0. The van der Waals surface area contributed by atoms with Gasteiger partial charge in [-0.25, -0.2) is 0 Å². The molecule has 0 saturated heterocycles. The monoisotopic (exact) mass is 262 g/mol. The second-order valence-electron chi connectivity index (χ2n) is 5.49. The van der Waals surface area contributed by atoms with Crippen molar-refractivity contribution in [3.05, 3.63) is 29.1 Å². The molecule has 1 saturated carbocycles. The highest BCUT2D eigenvalue weighted by molar-refractivity contribution is 5.78. The predicted octanol–water partition coefficient (Wildman–Crippen LogP) is 1.87. The zero-order chi connectivity index (χ0) is 13.8. The van der Waals surface area contributed by atoms with Crippen molar-refractivity contribution in [1.82, 2.24) is 10.3 Å². The molecule has 19 heavy (non-hydrogen) atoms. The molecule has 1 amide bonds. The molecule has 1 aliphatic carbocycles. The molecule has 1 heterocycles. The van der Waals surface area contributed by atoms with Crippen LogP contribution in [-0.4, -0.2) is 22.1 Å². The molecule has 1 fully saturated rings. The number of carbonyl (C=O) groups excluding carboxylic acids is 1. The van der Waals surface area contributed by atoms with Crippen molar-refractivity contribution >= 4 is 5.91 Å². The van der Waals surface area contributed by atoms with Crippen LogP contribution in [0.4, 0.5) is 0 Å². The lowest BCUT2D eigenvalue weighted by atomic mass is 9.86. The number of carbonyl (C=O) groups is 1. The molecule has 4 heteroatoms. The quantitative estimate of drug-likeness (QED) is 0.874.